The van der Waals surface area contributed by atoms with Crippen LogP contribution in [0.2, 0.25) is 0 Å². The Bertz CT molecular complexity index is 871. The third-order valence-corrected chi connectivity index (χ3v) is 4.42. The number of carbonyl (C=O) groups excluding carboxylic acids is 1. The number of alkyl halides is 2. The summed E-state index contributed by atoms with van der Waals surface area (Å²) in [5.74, 6) is -0.468. The number of benzene rings is 1. The first-order valence-electron chi connectivity index (χ1n) is 8.51. The molecule has 0 radical (unpaired) electrons. The predicted octanol–water partition coefficient (Wildman–Crippen LogP) is 3.50. The Labute approximate surface area is 154 Å². The van der Waals surface area contributed by atoms with Gasteiger partial charge < -0.3 is 19.9 Å². The summed E-state index contributed by atoms with van der Waals surface area (Å²) in [5, 5.41) is 9.56. The van der Waals surface area contributed by atoms with E-state index in [2.05, 4.69) is 4.74 Å². The lowest BCUT2D eigenvalue weighted by molar-refractivity contribution is -0.116. The van der Waals surface area contributed by atoms with Gasteiger partial charge in [-0.25, -0.2) is 0 Å². The van der Waals surface area contributed by atoms with Gasteiger partial charge >= 0.3 is 6.61 Å². The smallest absolute Gasteiger partial charge is 0.387 e. The second-order valence-electron chi connectivity index (χ2n) is 6.06. The largest absolute Gasteiger partial charge is 0.490 e. The van der Waals surface area contributed by atoms with Crippen LogP contribution in [0.5, 0.6) is 11.5 Å². The molecule has 0 aromatic heterocycles. The van der Waals surface area contributed by atoms with Crippen LogP contribution >= 0.6 is 0 Å². The van der Waals surface area contributed by atoms with Crippen LogP contribution in [0.25, 0.3) is 0 Å². The molecule has 0 bridgehead atoms. The predicted molar refractivity (Wildman–Crippen MR) is 90.8 cm³/mol. The van der Waals surface area contributed by atoms with Gasteiger partial charge in [0.2, 0.25) is 5.88 Å². The monoisotopic (exact) mass is 376 g/mol. The van der Waals surface area contributed by atoms with Crippen LogP contribution < -0.4 is 15.2 Å². The van der Waals surface area contributed by atoms with E-state index in [0.717, 1.165) is 0 Å². The number of nitrogens with two attached hydrogens (primary N) is 1. The fourth-order valence-corrected chi connectivity index (χ4v) is 3.36. The molecule has 1 aliphatic carbocycles. The van der Waals surface area contributed by atoms with Crippen molar-refractivity contribution < 1.29 is 27.8 Å². The van der Waals surface area contributed by atoms with E-state index in [9.17, 15) is 18.8 Å². The summed E-state index contributed by atoms with van der Waals surface area (Å²) in [4.78, 5) is 12.5. The van der Waals surface area contributed by atoms with E-state index in [0.29, 0.717) is 36.2 Å². The van der Waals surface area contributed by atoms with E-state index in [1.54, 1.807) is 6.92 Å². The van der Waals surface area contributed by atoms with Crippen molar-refractivity contribution in [2.45, 2.75) is 38.7 Å². The van der Waals surface area contributed by atoms with Crippen LogP contribution in [0.15, 0.2) is 41.0 Å². The maximum Gasteiger partial charge on any atom is 0.387 e. The van der Waals surface area contributed by atoms with Crippen molar-refractivity contribution >= 4 is 5.78 Å². The van der Waals surface area contributed by atoms with Crippen LogP contribution in [-0.2, 0) is 9.53 Å². The molecule has 2 N–H and O–H groups in total. The normalized spacial score (nSPS) is 19.5. The minimum Gasteiger partial charge on any atom is -0.490 e. The van der Waals surface area contributed by atoms with Crippen molar-refractivity contribution in [1.82, 2.24) is 0 Å². The molecule has 8 heteroatoms. The Morgan fingerprint density at radius 1 is 1.37 bits per heavy atom. The molecule has 1 aromatic carbocycles. The van der Waals surface area contributed by atoms with Crippen LogP contribution in [0.4, 0.5) is 8.78 Å². The summed E-state index contributed by atoms with van der Waals surface area (Å²) in [7, 11) is 0. The number of allylic oxidation sites excluding steroid dienone is 3. The summed E-state index contributed by atoms with van der Waals surface area (Å²) < 4.78 is 40.6. The maximum atomic E-state index is 12.6. The molecule has 0 fully saturated rings. The van der Waals surface area contributed by atoms with Gasteiger partial charge in [-0.2, -0.15) is 14.0 Å². The Balaban J connectivity index is 2.12. The number of rotatable bonds is 5. The Kier molecular flexibility index (Phi) is 5.31. The molecule has 0 amide bonds. The summed E-state index contributed by atoms with van der Waals surface area (Å²) in [6, 6.07) is 6.35. The lowest BCUT2D eigenvalue weighted by Crippen LogP contribution is -2.27. The Morgan fingerprint density at radius 3 is 2.81 bits per heavy atom. The lowest BCUT2D eigenvalue weighted by Gasteiger charge is -2.31. The molecule has 0 unspecified atom stereocenters. The zero-order valence-electron chi connectivity index (χ0n) is 14.6. The third kappa shape index (κ3) is 3.58. The highest BCUT2D eigenvalue weighted by Gasteiger charge is 2.38. The lowest BCUT2D eigenvalue weighted by atomic mass is 9.77. The minimum atomic E-state index is -3.00. The molecule has 142 valence electrons. The maximum absolute atomic E-state index is 12.6. The number of ketones is 1. The molecule has 0 saturated heterocycles. The summed E-state index contributed by atoms with van der Waals surface area (Å²) in [6.45, 7) is -1.07. The van der Waals surface area contributed by atoms with E-state index in [1.807, 2.05) is 6.07 Å². The van der Waals surface area contributed by atoms with Gasteiger partial charge in [-0.3, -0.25) is 4.79 Å². The number of carbonyl (C=O) groups is 1. The van der Waals surface area contributed by atoms with Gasteiger partial charge in [0.25, 0.3) is 0 Å². The molecule has 2 aliphatic rings. The van der Waals surface area contributed by atoms with E-state index < -0.39 is 12.5 Å². The fraction of sp³-hybridized carbons (Fsp3) is 0.368. The molecule has 0 saturated carbocycles. The summed E-state index contributed by atoms with van der Waals surface area (Å²) >= 11 is 0. The zero-order valence-corrected chi connectivity index (χ0v) is 14.6. The van der Waals surface area contributed by atoms with Gasteiger partial charge in [0.05, 0.1) is 12.5 Å². The highest BCUT2D eigenvalue weighted by Crippen LogP contribution is 2.45. The molecule has 1 aliphatic heterocycles. The van der Waals surface area contributed by atoms with E-state index in [-0.39, 0.29) is 35.3 Å². The number of halogens is 2. The van der Waals surface area contributed by atoms with E-state index >= 15 is 0 Å². The number of hydrogen-bond donors (Lipinski definition) is 1. The number of nitrogens with zero attached hydrogens (tertiary/aromatic N) is 1. The van der Waals surface area contributed by atoms with Crippen LogP contribution in [0, 0.1) is 11.3 Å². The molecule has 1 heterocycles. The van der Waals surface area contributed by atoms with Gasteiger partial charge in [0.1, 0.15) is 17.4 Å². The number of hydrogen-bond acceptors (Lipinski definition) is 6. The van der Waals surface area contributed by atoms with E-state index in [1.165, 1.54) is 18.2 Å². The van der Waals surface area contributed by atoms with Gasteiger partial charge in [0.15, 0.2) is 17.3 Å². The first-order chi connectivity index (χ1) is 13.0. The Morgan fingerprint density at radius 2 is 2.15 bits per heavy atom. The van der Waals surface area contributed by atoms with E-state index in [4.69, 9.17) is 15.2 Å². The highest BCUT2D eigenvalue weighted by molar-refractivity contribution is 5.99. The summed E-state index contributed by atoms with van der Waals surface area (Å²) in [6.07, 6.45) is 1.54. The van der Waals surface area contributed by atoms with Crippen molar-refractivity contribution in [2.24, 2.45) is 5.73 Å². The second kappa shape index (κ2) is 7.66. The molecule has 0 spiro atoms. The van der Waals surface area contributed by atoms with Crippen molar-refractivity contribution in [3.63, 3.8) is 0 Å². The average Bonchev–Trinajstić information content (AvgIpc) is 2.62. The molecular formula is C19H18F2N2O4. The standard InChI is InChI=1S/C19H18F2N2O4/c1-2-25-15-8-10(6-7-13(15)27-19(20)21)16-11(9-22)18(23)26-14-5-3-4-12(24)17(14)16/h6-8,16,19H,2-5,23H2,1H3/t16-/m0/s1. The molecule has 1 aromatic rings. The average molecular weight is 376 g/mol. The molecule has 1 atom stereocenters. The molecule has 3 rings (SSSR count). The first-order valence-corrected chi connectivity index (χ1v) is 8.51. The van der Waals surface area contributed by atoms with Crippen LogP contribution in [-0.4, -0.2) is 19.0 Å². The summed E-state index contributed by atoms with van der Waals surface area (Å²) in [5.41, 5.74) is 6.91. The van der Waals surface area contributed by atoms with Gasteiger partial charge in [-0.15, -0.1) is 0 Å². The molecular weight excluding hydrogens is 358 g/mol. The van der Waals surface area contributed by atoms with Crippen molar-refractivity contribution in [2.75, 3.05) is 6.61 Å². The van der Waals surface area contributed by atoms with Crippen molar-refractivity contribution in [3.05, 3.63) is 46.6 Å². The molecule has 27 heavy (non-hydrogen) atoms. The van der Waals surface area contributed by atoms with Gasteiger partial charge in [0, 0.05) is 18.4 Å². The second-order valence-corrected chi connectivity index (χ2v) is 6.06. The fourth-order valence-electron chi connectivity index (χ4n) is 3.36. The van der Waals surface area contributed by atoms with Crippen LogP contribution in [0.1, 0.15) is 37.7 Å². The van der Waals surface area contributed by atoms with Crippen molar-refractivity contribution in [1.29, 1.82) is 5.26 Å². The van der Waals surface area contributed by atoms with Gasteiger partial charge in [-0.05, 0) is 31.0 Å². The number of Topliss-reactive ketones (excluding diaryl/α,β-unsaturated/α-hetero) is 1. The topological polar surface area (TPSA) is 94.6 Å². The SMILES string of the molecule is CCOc1cc([C@H]2C(C#N)=C(N)OC3=C2C(=O)CCC3)ccc1OC(F)F. The minimum absolute atomic E-state index is 0.0539. The Hall–Kier alpha value is -3.08. The number of ether oxygens (including phenoxy) is 3. The highest BCUT2D eigenvalue weighted by atomic mass is 19.3. The van der Waals surface area contributed by atoms with Crippen molar-refractivity contribution in [3.8, 4) is 17.6 Å². The number of nitriles is 1. The van der Waals surface area contributed by atoms with Gasteiger partial charge in [-0.1, -0.05) is 6.07 Å². The third-order valence-electron chi connectivity index (χ3n) is 4.42. The first kappa shape index (κ1) is 18.7. The van der Waals surface area contributed by atoms with Crippen LogP contribution in [0.3, 0.4) is 0 Å². The zero-order chi connectivity index (χ0) is 19.6. The quantitative estimate of drug-likeness (QED) is 0.845. The molecule has 6 nitrogen and oxygen atoms in total.